The van der Waals surface area contributed by atoms with Gasteiger partial charge in [-0.1, -0.05) is 23.7 Å². The second-order valence-electron chi connectivity index (χ2n) is 3.11. The first-order valence-corrected chi connectivity index (χ1v) is 4.64. The summed E-state index contributed by atoms with van der Waals surface area (Å²) in [7, 11) is 0. The van der Waals surface area contributed by atoms with Crippen molar-refractivity contribution in [2.45, 2.75) is 18.8 Å². The van der Waals surface area contributed by atoms with Gasteiger partial charge >= 0.3 is 6.16 Å². The maximum absolute atomic E-state index is 8.56. The van der Waals surface area contributed by atoms with E-state index in [2.05, 4.69) is 12.1 Å². The molecular weight excluding hydrogens is 204 g/mol. The Morgan fingerprint density at radius 1 is 1.21 bits per heavy atom. The third kappa shape index (κ3) is 4.14. The first-order chi connectivity index (χ1) is 6.59. The predicted molar refractivity (Wildman–Crippen MR) is 54.1 cm³/mol. The highest BCUT2D eigenvalue weighted by molar-refractivity contribution is 6.30. The summed E-state index contributed by atoms with van der Waals surface area (Å²) in [5.41, 5.74) is 1.45. The third-order valence-corrected chi connectivity index (χ3v) is 2.17. The SMILES string of the molecule is Clc1ccc(C2CC2)cc1.O=C(O)O. The van der Waals surface area contributed by atoms with Gasteiger partial charge in [-0.3, -0.25) is 0 Å². The lowest BCUT2D eigenvalue weighted by Gasteiger charge is -1.95. The molecule has 4 heteroatoms. The van der Waals surface area contributed by atoms with Gasteiger partial charge in [0.2, 0.25) is 0 Å². The van der Waals surface area contributed by atoms with Crippen LogP contribution in [0, 0.1) is 0 Å². The van der Waals surface area contributed by atoms with Gasteiger partial charge in [0.05, 0.1) is 0 Å². The second-order valence-corrected chi connectivity index (χ2v) is 3.54. The van der Waals surface area contributed by atoms with Gasteiger partial charge in [0.15, 0.2) is 0 Å². The summed E-state index contributed by atoms with van der Waals surface area (Å²) in [6, 6.07) is 8.18. The van der Waals surface area contributed by atoms with Gasteiger partial charge in [-0.15, -0.1) is 0 Å². The van der Waals surface area contributed by atoms with E-state index >= 15 is 0 Å². The molecule has 0 atom stereocenters. The Bertz CT molecular complexity index is 300. The molecule has 14 heavy (non-hydrogen) atoms. The average molecular weight is 215 g/mol. The van der Waals surface area contributed by atoms with E-state index in [1.54, 1.807) is 0 Å². The zero-order valence-corrected chi connectivity index (χ0v) is 8.24. The van der Waals surface area contributed by atoms with E-state index < -0.39 is 6.16 Å². The lowest BCUT2D eigenvalue weighted by Crippen LogP contribution is -1.81. The van der Waals surface area contributed by atoms with E-state index in [0.29, 0.717) is 0 Å². The zero-order valence-electron chi connectivity index (χ0n) is 7.48. The molecule has 0 radical (unpaired) electrons. The van der Waals surface area contributed by atoms with Crippen LogP contribution in [0.2, 0.25) is 5.02 Å². The Balaban J connectivity index is 0.000000213. The van der Waals surface area contributed by atoms with Crippen LogP contribution in [-0.2, 0) is 0 Å². The zero-order chi connectivity index (χ0) is 10.6. The molecule has 3 nitrogen and oxygen atoms in total. The van der Waals surface area contributed by atoms with Gasteiger partial charge < -0.3 is 10.2 Å². The van der Waals surface area contributed by atoms with Crippen LogP contribution in [-0.4, -0.2) is 16.4 Å². The Kier molecular flexibility index (Phi) is 3.77. The summed E-state index contributed by atoms with van der Waals surface area (Å²) in [6.45, 7) is 0. The van der Waals surface area contributed by atoms with Crippen LogP contribution in [0.4, 0.5) is 4.79 Å². The molecule has 1 aliphatic carbocycles. The molecule has 0 amide bonds. The molecule has 1 saturated carbocycles. The first-order valence-electron chi connectivity index (χ1n) is 4.27. The van der Waals surface area contributed by atoms with Gasteiger partial charge in [-0.05, 0) is 36.5 Å². The smallest absolute Gasteiger partial charge is 0.450 e. The lowest BCUT2D eigenvalue weighted by atomic mass is 10.1. The minimum Gasteiger partial charge on any atom is -0.450 e. The Morgan fingerprint density at radius 3 is 2.00 bits per heavy atom. The standard InChI is InChI=1S/C9H9Cl.CH2O3/c10-9-5-3-8(4-6-9)7-1-2-7;2-1(3)4/h3-7H,1-2H2;(H2,2,3,4). The third-order valence-electron chi connectivity index (χ3n) is 1.92. The molecule has 2 N–H and O–H groups in total. The number of benzene rings is 1. The number of carbonyl (C=O) groups is 1. The van der Waals surface area contributed by atoms with Gasteiger partial charge in [-0.25, -0.2) is 4.79 Å². The number of hydrogen-bond donors (Lipinski definition) is 2. The van der Waals surface area contributed by atoms with Crippen molar-refractivity contribution in [2.75, 3.05) is 0 Å². The van der Waals surface area contributed by atoms with Crippen LogP contribution >= 0.6 is 11.6 Å². The van der Waals surface area contributed by atoms with E-state index in [-0.39, 0.29) is 0 Å². The fraction of sp³-hybridized carbons (Fsp3) is 0.300. The van der Waals surface area contributed by atoms with Crippen LogP contribution < -0.4 is 0 Å². The highest BCUT2D eigenvalue weighted by Crippen LogP contribution is 2.40. The minimum atomic E-state index is -1.83. The van der Waals surface area contributed by atoms with Crippen LogP contribution in [0.3, 0.4) is 0 Å². The van der Waals surface area contributed by atoms with Crippen molar-refractivity contribution in [3.63, 3.8) is 0 Å². The van der Waals surface area contributed by atoms with Crippen molar-refractivity contribution in [3.8, 4) is 0 Å². The molecule has 1 aliphatic rings. The number of halogens is 1. The summed E-state index contributed by atoms with van der Waals surface area (Å²) < 4.78 is 0. The molecule has 1 fully saturated rings. The molecule has 0 aliphatic heterocycles. The van der Waals surface area contributed by atoms with Gasteiger partial charge in [0.25, 0.3) is 0 Å². The molecule has 1 aromatic carbocycles. The van der Waals surface area contributed by atoms with Gasteiger partial charge in [-0.2, -0.15) is 0 Å². The highest BCUT2D eigenvalue weighted by Gasteiger charge is 2.22. The maximum atomic E-state index is 8.56. The molecule has 76 valence electrons. The number of rotatable bonds is 1. The van der Waals surface area contributed by atoms with Crippen molar-refractivity contribution in [1.29, 1.82) is 0 Å². The molecular formula is C10H11ClO3. The largest absolute Gasteiger partial charge is 0.503 e. The van der Waals surface area contributed by atoms with E-state index in [1.807, 2.05) is 12.1 Å². The van der Waals surface area contributed by atoms with Crippen LogP contribution in [0.1, 0.15) is 24.3 Å². The Morgan fingerprint density at radius 2 is 1.64 bits per heavy atom. The van der Waals surface area contributed by atoms with Crippen LogP contribution in [0.25, 0.3) is 0 Å². The molecule has 0 saturated heterocycles. The molecule has 1 aromatic rings. The normalized spacial score (nSPS) is 14.1. The second kappa shape index (κ2) is 4.86. The number of hydrogen-bond acceptors (Lipinski definition) is 1. The van der Waals surface area contributed by atoms with Gasteiger partial charge in [0, 0.05) is 5.02 Å². The van der Waals surface area contributed by atoms with Crippen LogP contribution in [0.5, 0.6) is 0 Å². The van der Waals surface area contributed by atoms with Crippen molar-refractivity contribution in [1.82, 2.24) is 0 Å². The summed E-state index contributed by atoms with van der Waals surface area (Å²) in [5, 5.41) is 14.8. The monoisotopic (exact) mass is 214 g/mol. The predicted octanol–water partition coefficient (Wildman–Crippen LogP) is 3.44. The maximum Gasteiger partial charge on any atom is 0.503 e. The Hall–Kier alpha value is -1.22. The van der Waals surface area contributed by atoms with Crippen molar-refractivity contribution in [3.05, 3.63) is 34.9 Å². The highest BCUT2D eigenvalue weighted by atomic mass is 35.5. The van der Waals surface area contributed by atoms with Crippen LogP contribution in [0.15, 0.2) is 24.3 Å². The van der Waals surface area contributed by atoms with Crippen molar-refractivity contribution >= 4 is 17.8 Å². The summed E-state index contributed by atoms with van der Waals surface area (Å²) in [4.78, 5) is 8.56. The average Bonchev–Trinajstić information content (AvgIpc) is 2.87. The molecule has 0 heterocycles. The molecule has 0 unspecified atom stereocenters. The first kappa shape index (κ1) is 10.9. The summed E-state index contributed by atoms with van der Waals surface area (Å²) in [6.07, 6.45) is 0.892. The number of carboxylic acid groups (broad SMARTS) is 2. The minimum absolute atomic E-state index is 0.837. The van der Waals surface area contributed by atoms with E-state index in [0.717, 1.165) is 10.9 Å². The summed E-state index contributed by atoms with van der Waals surface area (Å²) >= 11 is 5.74. The van der Waals surface area contributed by atoms with Gasteiger partial charge in [0.1, 0.15) is 0 Å². The van der Waals surface area contributed by atoms with E-state index in [1.165, 1.54) is 18.4 Å². The lowest BCUT2D eigenvalue weighted by molar-refractivity contribution is 0.137. The quantitative estimate of drug-likeness (QED) is 0.753. The Labute approximate surface area is 86.9 Å². The molecule has 0 bridgehead atoms. The molecule has 2 rings (SSSR count). The fourth-order valence-electron chi connectivity index (χ4n) is 1.15. The summed E-state index contributed by atoms with van der Waals surface area (Å²) in [5.74, 6) is 0.845. The van der Waals surface area contributed by atoms with Crippen molar-refractivity contribution < 1.29 is 15.0 Å². The molecule has 0 aromatic heterocycles. The fourth-order valence-corrected chi connectivity index (χ4v) is 1.28. The topological polar surface area (TPSA) is 57.5 Å². The molecule has 0 spiro atoms. The van der Waals surface area contributed by atoms with E-state index in [4.69, 9.17) is 26.6 Å². The van der Waals surface area contributed by atoms with E-state index in [9.17, 15) is 0 Å². The van der Waals surface area contributed by atoms with Crippen molar-refractivity contribution in [2.24, 2.45) is 0 Å².